The van der Waals surface area contributed by atoms with E-state index in [4.69, 9.17) is 11.6 Å². The number of halogens is 4. The zero-order valence-electron chi connectivity index (χ0n) is 16.8. The molecule has 4 rings (SSSR count). The minimum Gasteiger partial charge on any atom is -0.348 e. The van der Waals surface area contributed by atoms with Gasteiger partial charge in [0.25, 0.3) is 0 Å². The van der Waals surface area contributed by atoms with E-state index < -0.39 is 11.7 Å². The van der Waals surface area contributed by atoms with Crippen molar-refractivity contribution in [2.75, 3.05) is 5.32 Å². The van der Waals surface area contributed by atoms with Crippen molar-refractivity contribution in [3.63, 3.8) is 0 Å². The summed E-state index contributed by atoms with van der Waals surface area (Å²) >= 11 is 6.05. The molecule has 5 nitrogen and oxygen atoms in total. The van der Waals surface area contributed by atoms with Crippen LogP contribution in [-0.4, -0.2) is 20.2 Å². The Kier molecular flexibility index (Phi) is 6.05. The van der Waals surface area contributed by atoms with Crippen LogP contribution < -0.4 is 5.32 Å². The maximum atomic E-state index is 13.2. The van der Waals surface area contributed by atoms with Gasteiger partial charge in [-0.1, -0.05) is 54.1 Å². The molecule has 0 fully saturated rings. The van der Waals surface area contributed by atoms with Crippen LogP contribution in [0.25, 0.3) is 22.5 Å². The summed E-state index contributed by atoms with van der Waals surface area (Å²) in [6.07, 6.45) is -2.91. The van der Waals surface area contributed by atoms with Crippen molar-refractivity contribution >= 4 is 17.5 Å². The van der Waals surface area contributed by atoms with Crippen LogP contribution in [0.5, 0.6) is 0 Å². The van der Waals surface area contributed by atoms with Crippen LogP contribution in [0.4, 0.5) is 19.1 Å². The standard InChI is InChI=1S/C23H17ClF3N5/c1-14(15-6-3-2-4-7-15)29-22-28-11-10-19(30-22)18-13-20(24)31-32-21(18)16-8-5-9-17(12-16)23(25,26)27/h2-14H,1H3,(H,28,29,30)/t14-/m0/s1. The second-order valence-electron chi connectivity index (χ2n) is 7.05. The third-order valence-electron chi connectivity index (χ3n) is 4.80. The van der Waals surface area contributed by atoms with Crippen molar-refractivity contribution in [2.45, 2.75) is 19.1 Å². The summed E-state index contributed by atoms with van der Waals surface area (Å²) in [4.78, 5) is 8.80. The highest BCUT2D eigenvalue weighted by Gasteiger charge is 2.30. The SMILES string of the molecule is C[C@H](Nc1nccc(-c2cc(Cl)nnc2-c2cccc(C(F)(F)F)c2)n1)c1ccccc1. The van der Waals surface area contributed by atoms with Gasteiger partial charge in [-0.25, -0.2) is 9.97 Å². The fraction of sp³-hybridized carbons (Fsp3) is 0.130. The van der Waals surface area contributed by atoms with Gasteiger partial charge in [-0.05, 0) is 36.8 Å². The highest BCUT2D eigenvalue weighted by molar-refractivity contribution is 6.29. The van der Waals surface area contributed by atoms with Crippen LogP contribution in [-0.2, 0) is 6.18 Å². The largest absolute Gasteiger partial charge is 0.416 e. The lowest BCUT2D eigenvalue weighted by Gasteiger charge is -2.15. The van der Waals surface area contributed by atoms with Crippen molar-refractivity contribution in [3.05, 3.63) is 89.2 Å². The number of alkyl halides is 3. The van der Waals surface area contributed by atoms with Crippen LogP contribution in [0.3, 0.4) is 0 Å². The lowest BCUT2D eigenvalue weighted by Crippen LogP contribution is -2.09. The maximum absolute atomic E-state index is 13.2. The van der Waals surface area contributed by atoms with E-state index in [2.05, 4.69) is 25.5 Å². The Morgan fingerprint density at radius 2 is 1.72 bits per heavy atom. The molecular formula is C23H17ClF3N5. The van der Waals surface area contributed by atoms with Crippen molar-refractivity contribution in [1.29, 1.82) is 0 Å². The molecule has 0 aliphatic carbocycles. The van der Waals surface area contributed by atoms with E-state index in [-0.39, 0.29) is 22.5 Å². The molecule has 0 amide bonds. The first-order valence-corrected chi connectivity index (χ1v) is 10.0. The zero-order valence-corrected chi connectivity index (χ0v) is 17.6. The molecule has 9 heteroatoms. The number of anilines is 1. The van der Waals surface area contributed by atoms with Gasteiger partial charge in [0.2, 0.25) is 5.95 Å². The fourth-order valence-electron chi connectivity index (χ4n) is 3.22. The molecule has 32 heavy (non-hydrogen) atoms. The molecule has 162 valence electrons. The molecule has 0 aliphatic rings. The van der Waals surface area contributed by atoms with Gasteiger partial charge in [-0.2, -0.15) is 13.2 Å². The third kappa shape index (κ3) is 4.86. The topological polar surface area (TPSA) is 63.6 Å². The van der Waals surface area contributed by atoms with Gasteiger partial charge in [0.15, 0.2) is 5.15 Å². The molecule has 0 radical (unpaired) electrons. The molecule has 4 aromatic rings. The Morgan fingerprint density at radius 1 is 0.938 bits per heavy atom. The van der Waals surface area contributed by atoms with Crippen LogP contribution in [0.1, 0.15) is 24.1 Å². The Hall–Kier alpha value is -3.52. The Balaban J connectivity index is 1.72. The van der Waals surface area contributed by atoms with E-state index in [0.29, 0.717) is 17.2 Å². The molecular weight excluding hydrogens is 439 g/mol. The summed E-state index contributed by atoms with van der Waals surface area (Å²) in [6.45, 7) is 1.98. The number of hydrogen-bond acceptors (Lipinski definition) is 5. The Labute approximate surface area is 187 Å². The molecule has 0 saturated heterocycles. The minimum atomic E-state index is -4.48. The first-order chi connectivity index (χ1) is 15.3. The second kappa shape index (κ2) is 8.92. The summed E-state index contributed by atoms with van der Waals surface area (Å²) in [5.74, 6) is 0.363. The van der Waals surface area contributed by atoms with Crippen LogP contribution in [0.2, 0.25) is 5.15 Å². The van der Waals surface area contributed by atoms with Gasteiger partial charge in [0.1, 0.15) is 5.69 Å². The van der Waals surface area contributed by atoms with Crippen molar-refractivity contribution < 1.29 is 13.2 Å². The van der Waals surface area contributed by atoms with Crippen molar-refractivity contribution in [2.24, 2.45) is 0 Å². The predicted molar refractivity (Wildman–Crippen MR) is 117 cm³/mol. The number of hydrogen-bond donors (Lipinski definition) is 1. The van der Waals surface area contributed by atoms with E-state index in [1.165, 1.54) is 18.2 Å². The summed E-state index contributed by atoms with van der Waals surface area (Å²) < 4.78 is 39.6. The maximum Gasteiger partial charge on any atom is 0.416 e. The molecule has 0 aliphatic heterocycles. The van der Waals surface area contributed by atoms with Crippen LogP contribution in [0.15, 0.2) is 72.9 Å². The van der Waals surface area contributed by atoms with Crippen LogP contribution >= 0.6 is 11.6 Å². The average molecular weight is 456 g/mol. The number of benzene rings is 2. The first kappa shape index (κ1) is 21.7. The van der Waals surface area contributed by atoms with E-state index >= 15 is 0 Å². The molecule has 0 bridgehead atoms. The summed E-state index contributed by atoms with van der Waals surface area (Å²) in [5.41, 5.74) is 1.67. The van der Waals surface area contributed by atoms with Gasteiger partial charge in [-0.3, -0.25) is 0 Å². The number of rotatable bonds is 5. The minimum absolute atomic E-state index is 0.0615. The molecule has 0 unspecified atom stereocenters. The molecule has 0 spiro atoms. The normalized spacial score (nSPS) is 12.4. The van der Waals surface area contributed by atoms with Gasteiger partial charge in [-0.15, -0.1) is 10.2 Å². The highest BCUT2D eigenvalue weighted by Crippen LogP contribution is 2.35. The third-order valence-corrected chi connectivity index (χ3v) is 4.99. The summed E-state index contributed by atoms with van der Waals surface area (Å²) in [5, 5.41) is 11.2. The summed E-state index contributed by atoms with van der Waals surface area (Å²) in [7, 11) is 0. The fourth-order valence-corrected chi connectivity index (χ4v) is 3.36. The molecule has 2 aromatic carbocycles. The number of nitrogens with zero attached hydrogens (tertiary/aromatic N) is 4. The summed E-state index contributed by atoms with van der Waals surface area (Å²) in [6, 6.07) is 17.8. The average Bonchev–Trinajstić information content (AvgIpc) is 2.79. The van der Waals surface area contributed by atoms with Gasteiger partial charge < -0.3 is 5.32 Å². The molecule has 1 atom stereocenters. The van der Waals surface area contributed by atoms with E-state index in [9.17, 15) is 13.2 Å². The number of aromatic nitrogens is 4. The Bertz CT molecular complexity index is 1230. The predicted octanol–water partition coefficient (Wildman–Crippen LogP) is 6.45. The Morgan fingerprint density at radius 3 is 2.47 bits per heavy atom. The van der Waals surface area contributed by atoms with Crippen molar-refractivity contribution in [3.8, 4) is 22.5 Å². The first-order valence-electron chi connectivity index (χ1n) is 9.67. The molecule has 2 heterocycles. The van der Waals surface area contributed by atoms with E-state index in [0.717, 1.165) is 17.7 Å². The quantitative estimate of drug-likeness (QED) is 0.375. The van der Waals surface area contributed by atoms with Gasteiger partial charge in [0, 0.05) is 17.3 Å². The van der Waals surface area contributed by atoms with E-state index in [1.807, 2.05) is 37.3 Å². The monoisotopic (exact) mass is 455 g/mol. The smallest absolute Gasteiger partial charge is 0.348 e. The van der Waals surface area contributed by atoms with Crippen molar-refractivity contribution in [1.82, 2.24) is 20.2 Å². The van der Waals surface area contributed by atoms with Gasteiger partial charge >= 0.3 is 6.18 Å². The second-order valence-corrected chi connectivity index (χ2v) is 7.44. The van der Waals surface area contributed by atoms with Crippen LogP contribution in [0, 0.1) is 0 Å². The number of nitrogens with one attached hydrogen (secondary N) is 1. The molecule has 2 aromatic heterocycles. The molecule has 0 saturated carbocycles. The zero-order chi connectivity index (χ0) is 22.7. The lowest BCUT2D eigenvalue weighted by molar-refractivity contribution is -0.137. The van der Waals surface area contributed by atoms with E-state index in [1.54, 1.807) is 12.3 Å². The highest BCUT2D eigenvalue weighted by atomic mass is 35.5. The van der Waals surface area contributed by atoms with Gasteiger partial charge in [0.05, 0.1) is 17.3 Å². The molecule has 1 N–H and O–H groups in total. The lowest BCUT2D eigenvalue weighted by atomic mass is 10.0.